The van der Waals surface area contributed by atoms with Gasteiger partial charge in [-0.3, -0.25) is 9.10 Å². The average molecular weight is 298 g/mol. The molecule has 5 nitrogen and oxygen atoms in total. The molecule has 6 heteroatoms. The van der Waals surface area contributed by atoms with Crippen LogP contribution in [0.5, 0.6) is 0 Å². The summed E-state index contributed by atoms with van der Waals surface area (Å²) in [4.78, 5) is 11.9. The molecule has 1 aromatic rings. The summed E-state index contributed by atoms with van der Waals surface area (Å²) in [5.74, 6) is -0.308. The Balaban J connectivity index is 3.15. The number of hydrogen-bond acceptors (Lipinski definition) is 3. The summed E-state index contributed by atoms with van der Waals surface area (Å²) in [7, 11) is -3.53. The minimum atomic E-state index is -3.53. The molecule has 20 heavy (non-hydrogen) atoms. The van der Waals surface area contributed by atoms with Gasteiger partial charge < -0.3 is 5.32 Å². The number of nitrogens with zero attached hydrogens (tertiary/aromatic N) is 1. The number of nitrogens with one attached hydrogen (secondary N) is 1. The second-order valence-corrected chi connectivity index (χ2v) is 6.51. The first kappa shape index (κ1) is 16.5. The van der Waals surface area contributed by atoms with Crippen LogP contribution in [0.15, 0.2) is 24.3 Å². The predicted molar refractivity (Wildman–Crippen MR) is 81.3 cm³/mol. The van der Waals surface area contributed by atoms with Crippen LogP contribution in [-0.4, -0.2) is 33.2 Å². The fourth-order valence-electron chi connectivity index (χ4n) is 2.01. The number of hydrogen-bond donors (Lipinski definition) is 1. The molecule has 0 aromatic heterocycles. The molecule has 0 saturated carbocycles. The maximum absolute atomic E-state index is 12.0. The van der Waals surface area contributed by atoms with Crippen LogP contribution in [0.25, 0.3) is 0 Å². The Kier molecular flexibility index (Phi) is 5.56. The number of rotatable bonds is 6. The van der Waals surface area contributed by atoms with E-state index in [0.717, 1.165) is 22.5 Å². The largest absolute Gasteiger partial charge is 0.355 e. The lowest BCUT2D eigenvalue weighted by Gasteiger charge is -2.28. The third-order valence-electron chi connectivity index (χ3n) is 3.04. The minimum absolute atomic E-state index is 0.308. The van der Waals surface area contributed by atoms with Gasteiger partial charge in [-0.2, -0.15) is 0 Å². The van der Waals surface area contributed by atoms with Crippen molar-refractivity contribution in [3.05, 3.63) is 29.8 Å². The zero-order chi connectivity index (χ0) is 15.3. The lowest BCUT2D eigenvalue weighted by atomic mass is 10.1. The Morgan fingerprint density at radius 1 is 1.25 bits per heavy atom. The topological polar surface area (TPSA) is 66.5 Å². The highest BCUT2D eigenvalue weighted by Crippen LogP contribution is 2.21. The fourth-order valence-corrected chi connectivity index (χ4v) is 3.18. The van der Waals surface area contributed by atoms with Crippen LogP contribution in [0.3, 0.4) is 0 Å². The van der Waals surface area contributed by atoms with Crippen LogP contribution in [0, 0.1) is 0 Å². The summed E-state index contributed by atoms with van der Waals surface area (Å²) in [6, 6.07) is 6.43. The third-order valence-corrected chi connectivity index (χ3v) is 4.28. The summed E-state index contributed by atoms with van der Waals surface area (Å²) in [6.07, 6.45) is 1.99. The van der Waals surface area contributed by atoms with E-state index >= 15 is 0 Å². The Hall–Kier alpha value is -1.56. The molecule has 0 spiro atoms. The van der Waals surface area contributed by atoms with Gasteiger partial charge in [0.1, 0.15) is 6.04 Å². The van der Waals surface area contributed by atoms with Gasteiger partial charge in [-0.1, -0.05) is 19.1 Å². The molecule has 1 aromatic carbocycles. The molecule has 0 aliphatic heterocycles. The highest BCUT2D eigenvalue weighted by molar-refractivity contribution is 7.92. The van der Waals surface area contributed by atoms with E-state index in [1.54, 1.807) is 26.0 Å². The number of sulfonamides is 1. The molecule has 0 radical (unpaired) electrons. The number of carbonyl (C=O) groups is 1. The maximum atomic E-state index is 12.0. The van der Waals surface area contributed by atoms with E-state index in [9.17, 15) is 13.2 Å². The molecule has 112 valence electrons. The van der Waals surface area contributed by atoms with Crippen LogP contribution in [-0.2, 0) is 21.2 Å². The average Bonchev–Trinajstić information content (AvgIpc) is 2.38. The fraction of sp³-hybridized carbons (Fsp3) is 0.500. The predicted octanol–water partition coefficient (Wildman–Crippen LogP) is 1.54. The van der Waals surface area contributed by atoms with E-state index in [2.05, 4.69) is 5.32 Å². The first-order valence-electron chi connectivity index (χ1n) is 6.67. The second-order valence-electron chi connectivity index (χ2n) is 4.65. The molecular weight excluding hydrogens is 276 g/mol. The van der Waals surface area contributed by atoms with Crippen molar-refractivity contribution in [1.82, 2.24) is 5.32 Å². The number of anilines is 1. The molecule has 0 unspecified atom stereocenters. The molecule has 1 atom stereocenters. The number of carbonyl (C=O) groups excluding carboxylic acids is 1. The quantitative estimate of drug-likeness (QED) is 0.866. The Labute approximate surface area is 121 Å². The van der Waals surface area contributed by atoms with E-state index in [-0.39, 0.29) is 5.91 Å². The summed E-state index contributed by atoms with van der Waals surface area (Å²) in [5, 5.41) is 2.65. The van der Waals surface area contributed by atoms with E-state index in [1.165, 1.54) is 0 Å². The lowest BCUT2D eigenvalue weighted by molar-refractivity contribution is -0.121. The number of likely N-dealkylation sites (N-methyl/N-ethyl adjacent to an activating group) is 1. The molecule has 0 saturated heterocycles. The molecule has 0 heterocycles. The monoisotopic (exact) mass is 298 g/mol. The third kappa shape index (κ3) is 3.96. The van der Waals surface area contributed by atoms with Crippen LogP contribution in [0.2, 0.25) is 0 Å². The highest BCUT2D eigenvalue weighted by atomic mass is 32.2. The molecule has 0 aliphatic rings. The normalized spacial score (nSPS) is 12.8. The number of amides is 1. The first-order valence-corrected chi connectivity index (χ1v) is 8.52. The van der Waals surface area contributed by atoms with Crippen LogP contribution < -0.4 is 9.62 Å². The summed E-state index contributed by atoms with van der Waals surface area (Å²) in [6.45, 7) is 5.88. The summed E-state index contributed by atoms with van der Waals surface area (Å²) < 4.78 is 25.1. The standard InChI is InChI=1S/C14H22N2O3S/c1-5-12-7-9-13(10-8-12)16(20(4,18)19)11(3)14(17)15-6-2/h7-11H,5-6H2,1-4H3,(H,15,17)/t11-/m0/s1. The van der Waals surface area contributed by atoms with E-state index in [1.807, 2.05) is 19.1 Å². The van der Waals surface area contributed by atoms with Gasteiger partial charge in [-0.25, -0.2) is 8.42 Å². The smallest absolute Gasteiger partial charge is 0.243 e. The summed E-state index contributed by atoms with van der Waals surface area (Å²) in [5.41, 5.74) is 1.62. The molecule has 0 fully saturated rings. The SMILES string of the molecule is CCNC(=O)[C@H](C)N(c1ccc(CC)cc1)S(C)(=O)=O. The molecule has 1 rings (SSSR count). The van der Waals surface area contributed by atoms with Crippen LogP contribution >= 0.6 is 0 Å². The second kappa shape index (κ2) is 6.74. The van der Waals surface area contributed by atoms with Crippen molar-refractivity contribution in [1.29, 1.82) is 0 Å². The van der Waals surface area contributed by atoms with Gasteiger partial charge in [0.25, 0.3) is 0 Å². The number of benzene rings is 1. The highest BCUT2D eigenvalue weighted by Gasteiger charge is 2.28. The van der Waals surface area contributed by atoms with Gasteiger partial charge in [0.05, 0.1) is 11.9 Å². The summed E-state index contributed by atoms with van der Waals surface area (Å²) >= 11 is 0. The zero-order valence-corrected chi connectivity index (χ0v) is 13.2. The molecule has 0 bridgehead atoms. The van der Waals surface area contributed by atoms with Gasteiger partial charge in [-0.15, -0.1) is 0 Å². The zero-order valence-electron chi connectivity index (χ0n) is 12.4. The Bertz CT molecular complexity index is 552. The van der Waals surface area contributed by atoms with Crippen LogP contribution in [0.1, 0.15) is 26.3 Å². The van der Waals surface area contributed by atoms with Gasteiger partial charge in [0, 0.05) is 6.54 Å². The Morgan fingerprint density at radius 2 is 1.80 bits per heavy atom. The van der Waals surface area contributed by atoms with Crippen molar-refractivity contribution < 1.29 is 13.2 Å². The van der Waals surface area contributed by atoms with E-state index in [0.29, 0.717) is 12.2 Å². The van der Waals surface area contributed by atoms with Crippen molar-refractivity contribution in [3.63, 3.8) is 0 Å². The van der Waals surface area contributed by atoms with Crippen LogP contribution in [0.4, 0.5) is 5.69 Å². The lowest BCUT2D eigenvalue weighted by Crippen LogP contribution is -2.47. The Morgan fingerprint density at radius 3 is 2.20 bits per heavy atom. The van der Waals surface area contributed by atoms with E-state index < -0.39 is 16.1 Å². The molecule has 1 N–H and O–H groups in total. The minimum Gasteiger partial charge on any atom is -0.355 e. The van der Waals surface area contributed by atoms with Gasteiger partial charge >= 0.3 is 0 Å². The van der Waals surface area contributed by atoms with Crippen molar-refractivity contribution in [2.75, 3.05) is 17.1 Å². The van der Waals surface area contributed by atoms with Crippen molar-refractivity contribution in [2.45, 2.75) is 33.2 Å². The van der Waals surface area contributed by atoms with Gasteiger partial charge in [0.2, 0.25) is 15.9 Å². The van der Waals surface area contributed by atoms with E-state index in [4.69, 9.17) is 0 Å². The van der Waals surface area contributed by atoms with Crippen molar-refractivity contribution >= 4 is 21.6 Å². The van der Waals surface area contributed by atoms with Crippen molar-refractivity contribution in [2.24, 2.45) is 0 Å². The van der Waals surface area contributed by atoms with Crippen molar-refractivity contribution in [3.8, 4) is 0 Å². The molecule has 1 amide bonds. The van der Waals surface area contributed by atoms with Gasteiger partial charge in [0.15, 0.2) is 0 Å². The first-order chi connectivity index (χ1) is 9.31. The number of aryl methyl sites for hydroxylation is 1. The van der Waals surface area contributed by atoms with Gasteiger partial charge in [-0.05, 0) is 38.0 Å². The molecule has 0 aliphatic carbocycles. The molecular formula is C14H22N2O3S. The maximum Gasteiger partial charge on any atom is 0.243 e.